The number of ether oxygens (including phenoxy) is 4. The molecule has 0 bridgehead atoms. The second-order valence-electron chi connectivity index (χ2n) is 21.0. The molecule has 0 aromatic heterocycles. The van der Waals surface area contributed by atoms with Crippen LogP contribution in [0.3, 0.4) is 0 Å². The molecule has 0 radical (unpaired) electrons. The SMILES string of the molecule is CN(CCOCCOCC(=O)N(C)CCOCCOCC(=O)NCCCCC(C(=O)C(C)(C)C)N(C)C(C)(C)C)C(=O)CC[C@@H](C(=O)O)N(C)C(=O)CCCCCCCCCCCCCCCCC(=O)O. The molecule has 0 aliphatic heterocycles. The van der Waals surface area contributed by atoms with Crippen molar-refractivity contribution in [1.82, 2.24) is 24.9 Å². The van der Waals surface area contributed by atoms with Crippen molar-refractivity contribution in [2.75, 3.05) is 101 Å². The van der Waals surface area contributed by atoms with Gasteiger partial charge in [-0.3, -0.25) is 33.7 Å². The van der Waals surface area contributed by atoms with Gasteiger partial charge in [-0.25, -0.2) is 4.79 Å². The van der Waals surface area contributed by atoms with Crippen molar-refractivity contribution in [2.24, 2.45) is 5.41 Å². The van der Waals surface area contributed by atoms with E-state index in [2.05, 4.69) is 31.0 Å². The van der Waals surface area contributed by atoms with Crippen LogP contribution in [0.2, 0.25) is 0 Å². The van der Waals surface area contributed by atoms with Crippen molar-refractivity contribution in [3.63, 3.8) is 0 Å². The summed E-state index contributed by atoms with van der Waals surface area (Å²) in [6.07, 6.45) is 17.9. The fourth-order valence-corrected chi connectivity index (χ4v) is 7.69. The van der Waals surface area contributed by atoms with E-state index < -0.39 is 23.4 Å². The Hall–Kier alpha value is -3.71. The standard InChI is InChI=1S/C53H99N5O13/c1-52(2,3)50(65)43(58(10)53(4,5)6)27-25-26-32-54-45(59)41-70-39-37-69-36-34-56(8)48(62)42-71-40-38-68-35-33-55(7)46(60)31-30-44(51(66)67)57(9)47(61)28-23-21-19-17-15-13-11-12-14-16-18-20-22-24-29-49(63)64/h43-44H,11-42H2,1-10H3,(H,54,59)(H,63,64)(H,66,67)/t43?,44-/m0/s1. The third kappa shape index (κ3) is 35.1. The summed E-state index contributed by atoms with van der Waals surface area (Å²) in [5.41, 5.74) is -0.571. The molecule has 0 heterocycles. The lowest BCUT2D eigenvalue weighted by Crippen LogP contribution is -2.51. The minimum atomic E-state index is -1.14. The van der Waals surface area contributed by atoms with Gasteiger partial charge < -0.3 is 49.2 Å². The Labute approximate surface area is 427 Å². The number of aliphatic carboxylic acids is 2. The maximum Gasteiger partial charge on any atom is 0.326 e. The minimum absolute atomic E-state index is 0.00869. The molecule has 0 rings (SSSR count). The van der Waals surface area contributed by atoms with Gasteiger partial charge in [0.15, 0.2) is 5.78 Å². The van der Waals surface area contributed by atoms with Crippen molar-refractivity contribution in [3.05, 3.63) is 0 Å². The lowest BCUT2D eigenvalue weighted by molar-refractivity contribution is -0.149. The number of carbonyl (C=O) groups excluding carboxylic acids is 5. The molecule has 2 atom stereocenters. The zero-order valence-corrected chi connectivity index (χ0v) is 46.0. The number of amides is 4. The minimum Gasteiger partial charge on any atom is -0.481 e. The van der Waals surface area contributed by atoms with Gasteiger partial charge in [-0.1, -0.05) is 97.8 Å². The van der Waals surface area contributed by atoms with E-state index in [0.717, 1.165) is 57.8 Å². The summed E-state index contributed by atoms with van der Waals surface area (Å²) in [5.74, 6) is -2.56. The summed E-state index contributed by atoms with van der Waals surface area (Å²) in [4.78, 5) is 92.3. The highest BCUT2D eigenvalue weighted by Gasteiger charge is 2.36. The molecule has 0 saturated carbocycles. The van der Waals surface area contributed by atoms with Crippen LogP contribution in [-0.2, 0) is 52.5 Å². The number of ketones is 1. The summed E-state index contributed by atoms with van der Waals surface area (Å²) in [5, 5.41) is 21.4. The Bertz CT molecular complexity index is 1500. The van der Waals surface area contributed by atoms with Gasteiger partial charge in [0.05, 0.1) is 45.7 Å². The molecule has 71 heavy (non-hydrogen) atoms. The van der Waals surface area contributed by atoms with Crippen molar-refractivity contribution < 1.29 is 62.7 Å². The van der Waals surface area contributed by atoms with Crippen molar-refractivity contribution >= 4 is 41.4 Å². The largest absolute Gasteiger partial charge is 0.481 e. The molecule has 0 aromatic rings. The van der Waals surface area contributed by atoms with Crippen LogP contribution < -0.4 is 5.32 Å². The number of carbonyl (C=O) groups is 7. The fraction of sp³-hybridized carbons (Fsp3) is 0.868. The second-order valence-corrected chi connectivity index (χ2v) is 21.0. The van der Waals surface area contributed by atoms with Crippen molar-refractivity contribution in [3.8, 4) is 0 Å². The van der Waals surface area contributed by atoms with E-state index in [-0.39, 0.29) is 126 Å². The maximum atomic E-state index is 13.1. The molecule has 0 aliphatic rings. The molecule has 0 aliphatic carbocycles. The predicted octanol–water partition coefficient (Wildman–Crippen LogP) is 6.99. The van der Waals surface area contributed by atoms with Gasteiger partial charge in [-0.05, 0) is 66.3 Å². The number of nitrogens with zero attached hydrogens (tertiary/aromatic N) is 4. The summed E-state index contributed by atoms with van der Waals surface area (Å²) < 4.78 is 22.0. The van der Waals surface area contributed by atoms with Gasteiger partial charge in [0.2, 0.25) is 23.6 Å². The van der Waals surface area contributed by atoms with Crippen LogP contribution in [-0.4, -0.2) is 189 Å². The van der Waals surface area contributed by atoms with Gasteiger partial charge in [-0.15, -0.1) is 0 Å². The maximum absolute atomic E-state index is 13.1. The highest BCUT2D eigenvalue weighted by molar-refractivity contribution is 5.88. The highest BCUT2D eigenvalue weighted by Crippen LogP contribution is 2.26. The first-order chi connectivity index (χ1) is 33.5. The zero-order chi connectivity index (χ0) is 53.7. The first kappa shape index (κ1) is 67.3. The zero-order valence-electron chi connectivity index (χ0n) is 46.0. The molecule has 0 aromatic carbocycles. The van der Waals surface area contributed by atoms with E-state index in [1.807, 2.05) is 27.8 Å². The third-order valence-electron chi connectivity index (χ3n) is 12.8. The van der Waals surface area contributed by atoms with E-state index in [0.29, 0.717) is 19.5 Å². The molecule has 3 N–H and O–H groups in total. The Balaban J connectivity index is 4.02. The first-order valence-electron chi connectivity index (χ1n) is 26.5. The van der Waals surface area contributed by atoms with Crippen LogP contribution in [0.1, 0.15) is 176 Å². The molecule has 0 fully saturated rings. The number of rotatable bonds is 45. The van der Waals surface area contributed by atoms with Gasteiger partial charge in [0.25, 0.3) is 0 Å². The van der Waals surface area contributed by atoms with Crippen LogP contribution in [0.15, 0.2) is 0 Å². The van der Waals surface area contributed by atoms with Crippen LogP contribution >= 0.6 is 0 Å². The number of hydrogen-bond donors (Lipinski definition) is 3. The lowest BCUT2D eigenvalue weighted by atomic mass is 9.83. The van der Waals surface area contributed by atoms with E-state index in [1.165, 1.54) is 66.7 Å². The lowest BCUT2D eigenvalue weighted by Gasteiger charge is -2.40. The van der Waals surface area contributed by atoms with E-state index in [4.69, 9.17) is 24.1 Å². The number of likely N-dealkylation sites (N-methyl/N-ethyl adjacent to an activating group) is 4. The van der Waals surface area contributed by atoms with Crippen LogP contribution in [0, 0.1) is 5.41 Å². The molecular formula is C53H99N5O13. The highest BCUT2D eigenvalue weighted by atomic mass is 16.5. The third-order valence-corrected chi connectivity index (χ3v) is 12.8. The van der Waals surface area contributed by atoms with Crippen LogP contribution in [0.25, 0.3) is 0 Å². The number of hydrogen-bond acceptors (Lipinski definition) is 12. The van der Waals surface area contributed by atoms with Gasteiger partial charge in [-0.2, -0.15) is 0 Å². The van der Waals surface area contributed by atoms with Gasteiger partial charge in [0, 0.05) is 71.0 Å². The smallest absolute Gasteiger partial charge is 0.326 e. The number of unbranched alkanes of at least 4 members (excludes halogenated alkanes) is 14. The van der Waals surface area contributed by atoms with Crippen molar-refractivity contribution in [1.29, 1.82) is 0 Å². The second kappa shape index (κ2) is 39.8. The number of carboxylic acid groups (broad SMARTS) is 2. The Kier molecular flexibility index (Phi) is 37.7. The van der Waals surface area contributed by atoms with E-state index in [1.54, 1.807) is 14.1 Å². The molecule has 0 spiro atoms. The van der Waals surface area contributed by atoms with Crippen molar-refractivity contribution in [2.45, 2.75) is 194 Å². The quantitative estimate of drug-likeness (QED) is 0.0524. The number of Topliss-reactive ketones (excluding diaryl/α,β-unsaturated/α-hetero) is 1. The summed E-state index contributed by atoms with van der Waals surface area (Å²) in [6.45, 7) is 14.5. The molecule has 0 saturated heterocycles. The first-order valence-corrected chi connectivity index (χ1v) is 26.5. The van der Waals surface area contributed by atoms with E-state index >= 15 is 0 Å². The molecule has 4 amide bonds. The average molecular weight is 1010 g/mol. The topological polar surface area (TPSA) is 222 Å². The average Bonchev–Trinajstić information content (AvgIpc) is 3.30. The molecule has 18 heteroatoms. The fourth-order valence-electron chi connectivity index (χ4n) is 7.69. The summed E-state index contributed by atoms with van der Waals surface area (Å²) in [6, 6.07) is -1.27. The van der Waals surface area contributed by atoms with Gasteiger partial charge in [0.1, 0.15) is 19.3 Å². The molecule has 414 valence electrons. The molecule has 1 unspecified atom stereocenters. The Morgan fingerprint density at radius 1 is 0.479 bits per heavy atom. The number of carboxylic acids is 2. The number of nitrogens with one attached hydrogen (secondary N) is 1. The molecule has 18 nitrogen and oxygen atoms in total. The predicted molar refractivity (Wildman–Crippen MR) is 276 cm³/mol. The van der Waals surface area contributed by atoms with E-state index in [9.17, 15) is 38.7 Å². The van der Waals surface area contributed by atoms with Crippen LogP contribution in [0.4, 0.5) is 0 Å². The van der Waals surface area contributed by atoms with Gasteiger partial charge >= 0.3 is 11.9 Å². The molecular weight excluding hydrogens is 915 g/mol. The monoisotopic (exact) mass is 1010 g/mol. The van der Waals surface area contributed by atoms with Crippen LogP contribution in [0.5, 0.6) is 0 Å². The Morgan fingerprint density at radius 3 is 1.39 bits per heavy atom. The summed E-state index contributed by atoms with van der Waals surface area (Å²) in [7, 11) is 6.74. The Morgan fingerprint density at radius 2 is 0.930 bits per heavy atom. The normalized spacial score (nSPS) is 12.7. The summed E-state index contributed by atoms with van der Waals surface area (Å²) >= 11 is 0.